The second kappa shape index (κ2) is 5.69. The van der Waals surface area contributed by atoms with Gasteiger partial charge in [-0.2, -0.15) is 0 Å². The van der Waals surface area contributed by atoms with Crippen LogP contribution in [0.2, 0.25) is 0 Å². The molecule has 1 aromatic rings. The monoisotopic (exact) mass is 289 g/mol. The molecule has 1 aliphatic rings. The molecule has 0 saturated heterocycles. The zero-order valence-corrected chi connectivity index (χ0v) is 12.1. The van der Waals surface area contributed by atoms with Gasteiger partial charge < -0.3 is 5.11 Å². The quantitative estimate of drug-likeness (QED) is 0.889. The van der Waals surface area contributed by atoms with Crippen LogP contribution >= 0.6 is 11.3 Å². The van der Waals surface area contributed by atoms with Gasteiger partial charge >= 0.3 is 0 Å². The van der Waals surface area contributed by atoms with E-state index in [9.17, 15) is 13.5 Å². The van der Waals surface area contributed by atoms with E-state index >= 15 is 0 Å². The van der Waals surface area contributed by atoms with E-state index in [0.717, 1.165) is 24.1 Å². The molecule has 0 amide bonds. The standard InChI is InChI=1S/C12H19NO3S2/c1-2-9-7-8-12(17-9)18(15,16)13-10-5-3-4-6-11(10)14/h7-8,10-11,13-14H,2-6H2,1H3. The van der Waals surface area contributed by atoms with Gasteiger partial charge in [-0.05, 0) is 31.4 Å². The zero-order chi connectivity index (χ0) is 13.2. The minimum absolute atomic E-state index is 0.337. The summed E-state index contributed by atoms with van der Waals surface area (Å²) in [5.41, 5.74) is 0. The van der Waals surface area contributed by atoms with Crippen LogP contribution in [0.3, 0.4) is 0 Å². The van der Waals surface area contributed by atoms with Crippen LogP contribution < -0.4 is 4.72 Å². The molecule has 2 unspecified atom stereocenters. The average Bonchev–Trinajstić information content (AvgIpc) is 2.81. The number of hydrogen-bond acceptors (Lipinski definition) is 4. The predicted molar refractivity (Wildman–Crippen MR) is 72.3 cm³/mol. The number of aliphatic hydroxyl groups excluding tert-OH is 1. The van der Waals surface area contributed by atoms with Gasteiger partial charge in [0, 0.05) is 10.9 Å². The fourth-order valence-corrected chi connectivity index (χ4v) is 4.81. The fraction of sp³-hybridized carbons (Fsp3) is 0.667. The summed E-state index contributed by atoms with van der Waals surface area (Å²) in [5.74, 6) is 0. The zero-order valence-electron chi connectivity index (χ0n) is 10.4. The third-order valence-electron chi connectivity index (χ3n) is 3.29. The summed E-state index contributed by atoms with van der Waals surface area (Å²) >= 11 is 1.30. The number of aliphatic hydroxyl groups is 1. The van der Waals surface area contributed by atoms with Crippen LogP contribution in [0.5, 0.6) is 0 Å². The predicted octanol–water partition coefficient (Wildman–Crippen LogP) is 1.89. The highest BCUT2D eigenvalue weighted by Crippen LogP contribution is 2.24. The number of aryl methyl sites for hydroxylation is 1. The van der Waals surface area contributed by atoms with Crippen molar-refractivity contribution in [2.45, 2.75) is 55.4 Å². The van der Waals surface area contributed by atoms with E-state index in [1.54, 1.807) is 6.07 Å². The van der Waals surface area contributed by atoms with Gasteiger partial charge in [0.2, 0.25) is 10.0 Å². The van der Waals surface area contributed by atoms with Crippen LogP contribution in [-0.4, -0.2) is 25.7 Å². The summed E-state index contributed by atoms with van der Waals surface area (Å²) in [6, 6.07) is 3.15. The van der Waals surface area contributed by atoms with Crippen LogP contribution in [0.1, 0.15) is 37.5 Å². The van der Waals surface area contributed by atoms with Crippen molar-refractivity contribution in [2.75, 3.05) is 0 Å². The van der Waals surface area contributed by atoms with E-state index in [1.807, 2.05) is 13.0 Å². The topological polar surface area (TPSA) is 66.4 Å². The molecule has 0 spiro atoms. The molecule has 1 heterocycles. The summed E-state index contributed by atoms with van der Waals surface area (Å²) in [6.45, 7) is 2.00. The normalized spacial score (nSPS) is 25.2. The SMILES string of the molecule is CCc1ccc(S(=O)(=O)NC2CCCCC2O)s1. The van der Waals surface area contributed by atoms with E-state index in [0.29, 0.717) is 17.1 Å². The summed E-state index contributed by atoms with van der Waals surface area (Å²) in [6.07, 6.45) is 3.61. The number of rotatable bonds is 4. The van der Waals surface area contributed by atoms with E-state index in [4.69, 9.17) is 0 Å². The number of nitrogens with one attached hydrogen (secondary N) is 1. The van der Waals surface area contributed by atoms with Gasteiger partial charge in [0.15, 0.2) is 0 Å². The minimum atomic E-state index is -3.47. The molecule has 2 atom stereocenters. The molecule has 1 aliphatic carbocycles. The first kappa shape index (κ1) is 14.0. The molecule has 0 radical (unpaired) electrons. The molecule has 4 nitrogen and oxygen atoms in total. The lowest BCUT2D eigenvalue weighted by atomic mass is 9.93. The lowest BCUT2D eigenvalue weighted by Crippen LogP contribution is -2.44. The van der Waals surface area contributed by atoms with E-state index in [2.05, 4.69) is 4.72 Å². The fourth-order valence-electron chi connectivity index (χ4n) is 2.20. The van der Waals surface area contributed by atoms with Gasteiger partial charge in [-0.15, -0.1) is 11.3 Å². The van der Waals surface area contributed by atoms with E-state index in [-0.39, 0.29) is 6.04 Å². The van der Waals surface area contributed by atoms with E-state index < -0.39 is 16.1 Å². The maximum atomic E-state index is 12.2. The summed E-state index contributed by atoms with van der Waals surface area (Å²) < 4.78 is 27.3. The van der Waals surface area contributed by atoms with Crippen molar-refractivity contribution in [2.24, 2.45) is 0 Å². The molecule has 0 bridgehead atoms. The van der Waals surface area contributed by atoms with Crippen LogP contribution in [-0.2, 0) is 16.4 Å². The van der Waals surface area contributed by atoms with Crippen molar-refractivity contribution in [3.8, 4) is 0 Å². The highest BCUT2D eigenvalue weighted by molar-refractivity contribution is 7.91. The summed E-state index contributed by atoms with van der Waals surface area (Å²) in [4.78, 5) is 1.06. The molecule has 1 fully saturated rings. The molecule has 1 aromatic heterocycles. The Kier molecular flexibility index (Phi) is 4.42. The minimum Gasteiger partial charge on any atom is -0.391 e. The Labute approximate surface area is 112 Å². The van der Waals surface area contributed by atoms with Crippen molar-refractivity contribution in [3.05, 3.63) is 17.0 Å². The van der Waals surface area contributed by atoms with Crippen LogP contribution in [0.25, 0.3) is 0 Å². The maximum absolute atomic E-state index is 12.2. The van der Waals surface area contributed by atoms with Gasteiger partial charge in [-0.1, -0.05) is 19.8 Å². The first-order chi connectivity index (χ1) is 8.53. The van der Waals surface area contributed by atoms with Crippen LogP contribution in [0, 0.1) is 0 Å². The molecule has 2 N–H and O–H groups in total. The highest BCUT2D eigenvalue weighted by atomic mass is 32.2. The second-order valence-corrected chi connectivity index (χ2v) is 7.76. The molecule has 1 saturated carbocycles. The first-order valence-corrected chi connectivity index (χ1v) is 8.62. The Morgan fingerprint density at radius 1 is 1.39 bits per heavy atom. The molecule has 0 aliphatic heterocycles. The lowest BCUT2D eigenvalue weighted by molar-refractivity contribution is 0.101. The van der Waals surface area contributed by atoms with Gasteiger partial charge in [0.05, 0.1) is 6.10 Å². The molecule has 102 valence electrons. The third-order valence-corrected chi connectivity index (χ3v) is 6.50. The summed E-state index contributed by atoms with van der Waals surface area (Å²) in [5, 5.41) is 9.81. The number of hydrogen-bond donors (Lipinski definition) is 2. The largest absolute Gasteiger partial charge is 0.391 e. The van der Waals surface area contributed by atoms with Gasteiger partial charge in [-0.3, -0.25) is 0 Å². The molecular weight excluding hydrogens is 270 g/mol. The lowest BCUT2D eigenvalue weighted by Gasteiger charge is -2.27. The van der Waals surface area contributed by atoms with Crippen molar-refractivity contribution in [1.82, 2.24) is 4.72 Å². The summed E-state index contributed by atoms with van der Waals surface area (Å²) in [7, 11) is -3.47. The Morgan fingerprint density at radius 3 is 2.72 bits per heavy atom. The van der Waals surface area contributed by atoms with Gasteiger partial charge in [-0.25, -0.2) is 13.1 Å². The second-order valence-electron chi connectivity index (χ2n) is 4.65. The van der Waals surface area contributed by atoms with Crippen LogP contribution in [0.15, 0.2) is 16.3 Å². The Balaban J connectivity index is 2.11. The Bertz CT molecular complexity index is 495. The van der Waals surface area contributed by atoms with Gasteiger partial charge in [0.1, 0.15) is 4.21 Å². The Morgan fingerprint density at radius 2 is 2.11 bits per heavy atom. The van der Waals surface area contributed by atoms with Gasteiger partial charge in [0.25, 0.3) is 0 Å². The molecule has 18 heavy (non-hydrogen) atoms. The highest BCUT2D eigenvalue weighted by Gasteiger charge is 2.28. The van der Waals surface area contributed by atoms with Crippen molar-refractivity contribution in [1.29, 1.82) is 0 Å². The average molecular weight is 289 g/mol. The van der Waals surface area contributed by atoms with Crippen LogP contribution in [0.4, 0.5) is 0 Å². The van der Waals surface area contributed by atoms with Crippen molar-refractivity contribution in [3.63, 3.8) is 0 Å². The molecule has 6 heteroatoms. The van der Waals surface area contributed by atoms with E-state index in [1.165, 1.54) is 11.3 Å². The number of thiophene rings is 1. The molecule has 2 rings (SSSR count). The molecular formula is C12H19NO3S2. The number of sulfonamides is 1. The Hall–Kier alpha value is -0.430. The third kappa shape index (κ3) is 3.12. The maximum Gasteiger partial charge on any atom is 0.250 e. The first-order valence-electron chi connectivity index (χ1n) is 6.32. The smallest absolute Gasteiger partial charge is 0.250 e. The van der Waals surface area contributed by atoms with Crippen molar-refractivity contribution >= 4 is 21.4 Å². The molecule has 0 aromatic carbocycles. The van der Waals surface area contributed by atoms with Crippen molar-refractivity contribution < 1.29 is 13.5 Å².